The van der Waals surface area contributed by atoms with Crippen molar-refractivity contribution in [3.05, 3.63) is 96.1 Å². The summed E-state index contributed by atoms with van der Waals surface area (Å²) in [6.45, 7) is 7.27. The van der Waals surface area contributed by atoms with E-state index in [9.17, 15) is 33.6 Å². The fraction of sp³-hybridized carbons (Fsp3) is 0.500. The van der Waals surface area contributed by atoms with Crippen molar-refractivity contribution in [2.75, 3.05) is 0 Å². The maximum Gasteiger partial charge on any atom is 0.348 e. The highest BCUT2D eigenvalue weighted by Gasteiger charge is 2.50. The van der Waals surface area contributed by atoms with Crippen LogP contribution < -0.4 is 11.5 Å². The van der Waals surface area contributed by atoms with Gasteiger partial charge in [-0.15, -0.1) is 0 Å². The smallest absolute Gasteiger partial charge is 0.348 e. The lowest BCUT2D eigenvalue weighted by Crippen LogP contribution is -2.37. The number of imide groups is 2. The summed E-state index contributed by atoms with van der Waals surface area (Å²) < 4.78 is 8.20. The highest BCUT2D eigenvalue weighted by atomic mass is 79.9. The number of hydrogen-bond donors (Lipinski definition) is 4. The van der Waals surface area contributed by atoms with Gasteiger partial charge in [0.1, 0.15) is 11.6 Å². The lowest BCUT2D eigenvalue weighted by Gasteiger charge is -2.19. The molecule has 3 saturated heterocycles. The molecular formula is C46H61Br4N5O10. The van der Waals surface area contributed by atoms with Crippen LogP contribution in [0.2, 0.25) is 0 Å². The van der Waals surface area contributed by atoms with Crippen molar-refractivity contribution < 1.29 is 48.5 Å². The molecular weight excluding hydrogens is 1100 g/mol. The zero-order chi connectivity index (χ0) is 48.9. The van der Waals surface area contributed by atoms with Crippen LogP contribution in [-0.4, -0.2) is 80.1 Å². The molecule has 15 nitrogen and oxygen atoms in total. The highest BCUT2D eigenvalue weighted by molar-refractivity contribution is 9.09. The molecule has 0 spiro atoms. The Kier molecular flexibility index (Phi) is 25.7. The Morgan fingerprint density at radius 1 is 0.692 bits per heavy atom. The summed E-state index contributed by atoms with van der Waals surface area (Å²) in [4.78, 5) is 75.2. The first-order valence-electron chi connectivity index (χ1n) is 21.3. The number of carboxylic acid groups (broad SMARTS) is 2. The predicted octanol–water partition coefficient (Wildman–Crippen LogP) is 9.84. The van der Waals surface area contributed by atoms with Crippen LogP contribution in [0.4, 0.5) is 4.79 Å². The molecule has 5 amide bonds. The molecule has 4 fully saturated rings. The highest BCUT2D eigenvalue weighted by Crippen LogP contribution is 2.37. The number of nitrogens with two attached hydrogens (primary N) is 2. The van der Waals surface area contributed by atoms with Crippen LogP contribution in [-0.2, 0) is 33.5 Å². The topological polar surface area (TPSA) is 231 Å². The molecule has 2 aromatic rings. The summed E-state index contributed by atoms with van der Waals surface area (Å²) >= 11 is 12.1. The summed E-state index contributed by atoms with van der Waals surface area (Å²) in [5.41, 5.74) is 12.8. The SMILES string of the molecule is CC1(C)C(=O)N(Br)C(=O)N1Br.C[C@@H](N)c1ccccc1.C[C@@H](N)c1ccccc1.O=C(O)C1CC=CCC1.O=C(O)[C@@H]1CC=CCC1.O=C1CCC(=O)N1Br.O=C1O[C@H]2C[C@@H]1CC[C@@H]2Br. The maximum atomic E-state index is 11.2. The first-order chi connectivity index (χ1) is 30.6. The van der Waals surface area contributed by atoms with E-state index in [4.69, 9.17) is 26.4 Å². The van der Waals surface area contributed by atoms with E-state index >= 15 is 0 Å². The molecule has 19 heteroatoms. The van der Waals surface area contributed by atoms with E-state index in [1.807, 2.05) is 98.8 Å². The van der Waals surface area contributed by atoms with Gasteiger partial charge in [0.25, 0.3) is 5.91 Å². The number of allylic oxidation sites excluding steroid dienone is 4. The van der Waals surface area contributed by atoms with Crippen LogP contribution in [0.5, 0.6) is 0 Å². The lowest BCUT2D eigenvalue weighted by molar-refractivity contribution is -0.143. The molecule has 1 saturated carbocycles. The van der Waals surface area contributed by atoms with Crippen LogP contribution in [0.1, 0.15) is 122 Å². The Hall–Kier alpha value is -3.75. The molecule has 7 atom stereocenters. The maximum absolute atomic E-state index is 11.2. The summed E-state index contributed by atoms with van der Waals surface area (Å²) in [6, 6.07) is 20.0. The molecule has 358 valence electrons. The van der Waals surface area contributed by atoms with Crippen LogP contribution in [0, 0.1) is 17.8 Å². The van der Waals surface area contributed by atoms with Crippen LogP contribution in [0.3, 0.4) is 0 Å². The molecule has 1 unspecified atom stereocenters. The minimum absolute atomic E-state index is 0.0203. The molecule has 2 aromatic carbocycles. The van der Waals surface area contributed by atoms with Crippen molar-refractivity contribution in [1.82, 2.24) is 11.8 Å². The first kappa shape index (κ1) is 57.4. The third kappa shape index (κ3) is 19.6. The summed E-state index contributed by atoms with van der Waals surface area (Å²) in [6.07, 6.45) is 16.8. The average molecular weight is 1160 g/mol. The van der Waals surface area contributed by atoms with Gasteiger partial charge >= 0.3 is 23.9 Å². The number of benzene rings is 2. The fourth-order valence-electron chi connectivity index (χ4n) is 6.50. The number of nitrogens with zero attached hydrogens (tertiary/aromatic N) is 3. The van der Waals surface area contributed by atoms with Crippen LogP contribution in [0.25, 0.3) is 0 Å². The lowest BCUT2D eigenvalue weighted by atomic mass is 9.90. The van der Waals surface area contributed by atoms with Crippen molar-refractivity contribution in [3.63, 3.8) is 0 Å². The number of ether oxygens (including phenoxy) is 1. The average Bonchev–Trinajstić information content (AvgIpc) is 3.84. The molecule has 2 bridgehead atoms. The molecule has 6 aliphatic rings. The number of carbonyl (C=O) groups excluding carboxylic acids is 5. The van der Waals surface area contributed by atoms with E-state index in [0.717, 1.165) is 65.6 Å². The minimum Gasteiger partial charge on any atom is -0.481 e. The third-order valence-corrected chi connectivity index (χ3v) is 14.4. The van der Waals surface area contributed by atoms with Crippen molar-refractivity contribution in [2.24, 2.45) is 29.2 Å². The molecule has 0 aromatic heterocycles. The van der Waals surface area contributed by atoms with E-state index in [2.05, 4.69) is 64.4 Å². The van der Waals surface area contributed by atoms with Crippen molar-refractivity contribution >= 4 is 106 Å². The number of alkyl halides is 1. The van der Waals surface area contributed by atoms with Crippen LogP contribution >= 0.6 is 64.4 Å². The second-order valence-electron chi connectivity index (χ2n) is 16.3. The van der Waals surface area contributed by atoms with Gasteiger partial charge in [0.05, 0.1) is 71.0 Å². The van der Waals surface area contributed by atoms with Gasteiger partial charge in [-0.1, -0.05) is 101 Å². The number of aliphatic carboxylic acids is 2. The van der Waals surface area contributed by atoms with Crippen molar-refractivity contribution in [2.45, 2.75) is 127 Å². The van der Waals surface area contributed by atoms with Gasteiger partial charge in [0.15, 0.2) is 0 Å². The van der Waals surface area contributed by atoms with Crippen molar-refractivity contribution in [3.8, 4) is 0 Å². The number of urea groups is 1. The monoisotopic (exact) mass is 1160 g/mol. The zero-order valence-electron chi connectivity index (χ0n) is 37.1. The first-order valence-corrected chi connectivity index (χ1v) is 24.4. The molecule has 6 N–H and O–H groups in total. The van der Waals surface area contributed by atoms with E-state index in [0.29, 0.717) is 17.7 Å². The molecule has 8 rings (SSSR count). The normalized spacial score (nSPS) is 24.2. The molecule has 3 heterocycles. The van der Waals surface area contributed by atoms with E-state index in [1.165, 1.54) is 15.1 Å². The minimum atomic E-state index is -0.805. The predicted molar refractivity (Wildman–Crippen MR) is 262 cm³/mol. The standard InChI is InChI=1S/2C8H11N.C7H9BrO2.2C7H10O2.C5H6Br2N2O2.C4H4BrNO2/c2*1-7(9)8-5-3-2-4-6-8;8-5-2-1-4-3-6(5)10-7(4)9;2*8-7(9)6-4-2-1-3-5-6;1-5(2)3(10)8(6)4(11)9(5)7;5-6-3(7)1-2-4(6)8/h2*2-7H,9H2,1H3;4-6H,1-3H2;2*1-2,6H,3-5H2,(H,8,9);1-2H3;1-2H2/t2*7-;4-,5-,6-;6-;;;/m1101.../s1. The number of carboxylic acids is 2. The van der Waals surface area contributed by atoms with Crippen LogP contribution in [0.15, 0.2) is 85.0 Å². The Labute approximate surface area is 415 Å². The summed E-state index contributed by atoms with van der Waals surface area (Å²) in [7, 11) is 0. The molecule has 65 heavy (non-hydrogen) atoms. The Balaban J connectivity index is 0.000000261. The van der Waals surface area contributed by atoms with Gasteiger partial charge < -0.3 is 26.4 Å². The zero-order valence-corrected chi connectivity index (χ0v) is 43.4. The Morgan fingerprint density at radius 2 is 1.12 bits per heavy atom. The van der Waals surface area contributed by atoms with E-state index < -0.39 is 23.5 Å². The van der Waals surface area contributed by atoms with Gasteiger partial charge in [-0.25, -0.2) is 12.6 Å². The second-order valence-corrected chi connectivity index (χ2v) is 19.6. The number of hydrogen-bond acceptors (Lipinski definition) is 10. The number of halogens is 4. The largest absolute Gasteiger partial charge is 0.481 e. The number of esters is 1. The van der Waals surface area contributed by atoms with E-state index in [1.54, 1.807) is 13.8 Å². The van der Waals surface area contributed by atoms with Gasteiger partial charge in [-0.2, -0.15) is 3.93 Å². The Morgan fingerprint density at radius 3 is 1.35 bits per heavy atom. The van der Waals surface area contributed by atoms with Gasteiger partial charge in [0.2, 0.25) is 11.8 Å². The summed E-state index contributed by atoms with van der Waals surface area (Å²) in [5, 5.41) is 17.0. The number of rotatable bonds is 4. The second kappa shape index (κ2) is 29.1. The van der Waals surface area contributed by atoms with Gasteiger partial charge in [-0.05, 0) is 96.6 Å². The van der Waals surface area contributed by atoms with Gasteiger partial charge in [0, 0.05) is 24.9 Å². The summed E-state index contributed by atoms with van der Waals surface area (Å²) in [5.74, 6) is -1.86. The fourth-order valence-corrected chi connectivity index (χ4v) is 8.56. The quantitative estimate of drug-likeness (QED) is 0.0560. The molecule has 3 aliphatic carbocycles. The third-order valence-electron chi connectivity index (χ3n) is 10.7. The number of fused-ring (bicyclic) bond motifs is 2. The molecule has 3 aliphatic heterocycles. The molecule has 0 radical (unpaired) electrons. The van der Waals surface area contributed by atoms with Gasteiger partial charge in [-0.3, -0.25) is 28.8 Å². The number of carbonyl (C=O) groups is 7. The number of amides is 5. The van der Waals surface area contributed by atoms with E-state index in [-0.39, 0.29) is 59.6 Å². The Bertz CT molecular complexity index is 1840. The van der Waals surface area contributed by atoms with Crippen molar-refractivity contribution in [1.29, 1.82) is 0 Å².